The first kappa shape index (κ1) is 16.4. The summed E-state index contributed by atoms with van der Waals surface area (Å²) in [5.41, 5.74) is 0.938. The maximum absolute atomic E-state index is 13.0. The van der Waals surface area contributed by atoms with Crippen LogP contribution in [-0.2, 0) is 0 Å². The smallest absolute Gasteiger partial charge is 0.141 e. The summed E-state index contributed by atoms with van der Waals surface area (Å²) in [7, 11) is 2.21. The van der Waals surface area contributed by atoms with E-state index in [9.17, 15) is 4.39 Å². The highest BCUT2D eigenvalue weighted by molar-refractivity contribution is 5.09. The quantitative estimate of drug-likeness (QED) is 0.796. The number of hydrogen-bond acceptors (Lipinski definition) is 3. The molecule has 0 aliphatic heterocycles. The monoisotopic (exact) mass is 293 g/mol. The minimum absolute atomic E-state index is 0.210. The Hall–Kier alpha value is -1.00. The second-order valence-electron chi connectivity index (χ2n) is 6.21. The molecule has 0 bridgehead atoms. The van der Waals surface area contributed by atoms with E-state index < -0.39 is 0 Å². The minimum atomic E-state index is -0.271. The molecule has 3 nitrogen and oxygen atoms in total. The molecule has 1 aromatic heterocycles. The maximum Gasteiger partial charge on any atom is 0.141 e. The van der Waals surface area contributed by atoms with Crippen molar-refractivity contribution in [2.24, 2.45) is 5.92 Å². The second-order valence-corrected chi connectivity index (χ2v) is 6.21. The lowest BCUT2D eigenvalue weighted by molar-refractivity contribution is 0.262. The van der Waals surface area contributed by atoms with Crippen molar-refractivity contribution in [3.63, 3.8) is 0 Å². The van der Waals surface area contributed by atoms with E-state index in [1.807, 2.05) is 0 Å². The molecule has 1 fully saturated rings. The van der Waals surface area contributed by atoms with Crippen LogP contribution in [0.25, 0.3) is 0 Å². The van der Waals surface area contributed by atoms with Crippen LogP contribution >= 0.6 is 0 Å². The molecule has 1 N–H and O–H groups in total. The van der Waals surface area contributed by atoms with Gasteiger partial charge in [-0.1, -0.05) is 19.8 Å². The highest BCUT2D eigenvalue weighted by Gasteiger charge is 2.18. The summed E-state index contributed by atoms with van der Waals surface area (Å²) in [5, 5.41) is 3.46. The van der Waals surface area contributed by atoms with Gasteiger partial charge in [-0.05, 0) is 57.5 Å². The summed E-state index contributed by atoms with van der Waals surface area (Å²) in [6, 6.07) is 3.50. The Bertz CT molecular complexity index is 401. The molecule has 0 saturated heterocycles. The number of nitrogens with one attached hydrogen (secondary N) is 1. The van der Waals surface area contributed by atoms with Gasteiger partial charge in [-0.2, -0.15) is 0 Å². The van der Waals surface area contributed by atoms with Gasteiger partial charge in [0.25, 0.3) is 0 Å². The summed E-state index contributed by atoms with van der Waals surface area (Å²) < 4.78 is 13.0. The third-order valence-corrected chi connectivity index (χ3v) is 4.40. The van der Waals surface area contributed by atoms with Gasteiger partial charge in [0.05, 0.1) is 17.9 Å². The Morgan fingerprint density at radius 3 is 2.76 bits per heavy atom. The molecule has 1 aromatic rings. The fourth-order valence-corrected chi connectivity index (χ4v) is 3.27. The Labute approximate surface area is 127 Å². The molecule has 1 unspecified atom stereocenters. The average Bonchev–Trinajstić information content (AvgIpc) is 2.97. The Balaban J connectivity index is 1.82. The zero-order chi connectivity index (χ0) is 15.1. The van der Waals surface area contributed by atoms with Crippen molar-refractivity contribution >= 4 is 0 Å². The molecule has 0 amide bonds. The lowest BCUT2D eigenvalue weighted by Crippen LogP contribution is -2.30. The highest BCUT2D eigenvalue weighted by Crippen LogP contribution is 2.25. The summed E-state index contributed by atoms with van der Waals surface area (Å²) in [6.07, 6.45) is 7.90. The van der Waals surface area contributed by atoms with Gasteiger partial charge in [-0.15, -0.1) is 0 Å². The molecule has 118 valence electrons. The molecule has 0 radical (unpaired) electrons. The predicted molar refractivity (Wildman–Crippen MR) is 84.7 cm³/mol. The predicted octanol–water partition coefficient (Wildman–Crippen LogP) is 3.38. The van der Waals surface area contributed by atoms with Crippen molar-refractivity contribution in [2.75, 3.05) is 26.7 Å². The van der Waals surface area contributed by atoms with Crippen molar-refractivity contribution in [1.82, 2.24) is 15.2 Å². The van der Waals surface area contributed by atoms with E-state index in [0.717, 1.165) is 31.1 Å². The van der Waals surface area contributed by atoms with Crippen molar-refractivity contribution < 1.29 is 4.39 Å². The molecule has 2 rings (SSSR count). The van der Waals surface area contributed by atoms with Crippen LogP contribution in [0, 0.1) is 11.7 Å². The first-order valence-corrected chi connectivity index (χ1v) is 8.22. The summed E-state index contributed by atoms with van der Waals surface area (Å²) in [4.78, 5) is 6.66. The standard InChI is InChI=1S/C17H28FN3/c1-3-19-17(16-9-8-15(18)12-20-16)10-11-21(2)13-14-6-4-5-7-14/h8-9,12,14,17,19H,3-7,10-11,13H2,1-2H3. The molecular formula is C17H28FN3. The molecule has 1 saturated carbocycles. The molecular weight excluding hydrogens is 265 g/mol. The molecule has 1 atom stereocenters. The number of nitrogens with zero attached hydrogens (tertiary/aromatic N) is 2. The van der Waals surface area contributed by atoms with Crippen LogP contribution in [0.1, 0.15) is 50.8 Å². The van der Waals surface area contributed by atoms with Gasteiger partial charge in [-0.3, -0.25) is 4.98 Å². The molecule has 0 aromatic carbocycles. The van der Waals surface area contributed by atoms with Crippen LogP contribution in [0.5, 0.6) is 0 Å². The van der Waals surface area contributed by atoms with Crippen molar-refractivity contribution in [3.05, 3.63) is 29.8 Å². The molecule has 4 heteroatoms. The fourth-order valence-electron chi connectivity index (χ4n) is 3.27. The molecule has 1 heterocycles. The van der Waals surface area contributed by atoms with Gasteiger partial charge in [0.1, 0.15) is 5.82 Å². The molecule has 0 spiro atoms. The lowest BCUT2D eigenvalue weighted by atomic mass is 10.1. The summed E-state index contributed by atoms with van der Waals surface area (Å²) >= 11 is 0. The van der Waals surface area contributed by atoms with E-state index >= 15 is 0 Å². The SMILES string of the molecule is CCNC(CCN(C)CC1CCCC1)c1ccc(F)cn1. The van der Waals surface area contributed by atoms with Gasteiger partial charge >= 0.3 is 0 Å². The van der Waals surface area contributed by atoms with Crippen molar-refractivity contribution in [1.29, 1.82) is 0 Å². The van der Waals surface area contributed by atoms with Gasteiger partial charge in [0.2, 0.25) is 0 Å². The molecule has 21 heavy (non-hydrogen) atoms. The number of pyridine rings is 1. The zero-order valence-electron chi connectivity index (χ0n) is 13.3. The average molecular weight is 293 g/mol. The fraction of sp³-hybridized carbons (Fsp3) is 0.706. The van der Waals surface area contributed by atoms with Crippen LogP contribution in [0.15, 0.2) is 18.3 Å². The number of halogens is 1. The van der Waals surface area contributed by atoms with Crippen molar-refractivity contribution in [2.45, 2.75) is 45.1 Å². The normalized spacial score (nSPS) is 17.5. The number of hydrogen-bond donors (Lipinski definition) is 1. The van der Waals surface area contributed by atoms with E-state index in [1.165, 1.54) is 44.5 Å². The number of aromatic nitrogens is 1. The summed E-state index contributed by atoms with van der Waals surface area (Å²) in [5.74, 6) is 0.615. The van der Waals surface area contributed by atoms with Crippen LogP contribution in [0.2, 0.25) is 0 Å². The van der Waals surface area contributed by atoms with E-state index in [4.69, 9.17) is 0 Å². The molecule has 1 aliphatic rings. The van der Waals surface area contributed by atoms with Gasteiger partial charge in [0.15, 0.2) is 0 Å². The van der Waals surface area contributed by atoms with Crippen LogP contribution in [-0.4, -0.2) is 36.6 Å². The Kier molecular flexibility index (Phi) is 6.58. The Morgan fingerprint density at radius 1 is 1.38 bits per heavy atom. The van der Waals surface area contributed by atoms with E-state index in [1.54, 1.807) is 6.07 Å². The van der Waals surface area contributed by atoms with Crippen LogP contribution in [0.3, 0.4) is 0 Å². The third kappa shape index (κ3) is 5.36. The lowest BCUT2D eigenvalue weighted by Gasteiger charge is -2.24. The molecule has 1 aliphatic carbocycles. The largest absolute Gasteiger partial charge is 0.309 e. The highest BCUT2D eigenvalue weighted by atomic mass is 19.1. The van der Waals surface area contributed by atoms with E-state index in [0.29, 0.717) is 0 Å². The van der Waals surface area contributed by atoms with E-state index in [2.05, 4.69) is 29.2 Å². The number of rotatable bonds is 8. The first-order chi connectivity index (χ1) is 10.2. The van der Waals surface area contributed by atoms with Crippen molar-refractivity contribution in [3.8, 4) is 0 Å². The third-order valence-electron chi connectivity index (χ3n) is 4.40. The van der Waals surface area contributed by atoms with E-state index in [-0.39, 0.29) is 11.9 Å². The Morgan fingerprint density at radius 2 is 2.14 bits per heavy atom. The van der Waals surface area contributed by atoms with Gasteiger partial charge in [-0.25, -0.2) is 4.39 Å². The van der Waals surface area contributed by atoms with Gasteiger partial charge < -0.3 is 10.2 Å². The minimum Gasteiger partial charge on any atom is -0.309 e. The maximum atomic E-state index is 13.0. The van der Waals surface area contributed by atoms with Gasteiger partial charge in [0, 0.05) is 6.54 Å². The summed E-state index contributed by atoms with van der Waals surface area (Å²) in [6.45, 7) is 5.25. The van der Waals surface area contributed by atoms with Crippen LogP contribution < -0.4 is 5.32 Å². The topological polar surface area (TPSA) is 28.2 Å². The first-order valence-electron chi connectivity index (χ1n) is 8.22. The second kappa shape index (κ2) is 8.44. The zero-order valence-corrected chi connectivity index (χ0v) is 13.3. The van der Waals surface area contributed by atoms with Crippen LogP contribution in [0.4, 0.5) is 4.39 Å².